The Kier molecular flexibility index (Phi) is 3.90. The van der Waals surface area contributed by atoms with Gasteiger partial charge in [-0.25, -0.2) is 0 Å². The number of amides is 1. The maximum absolute atomic E-state index is 12.3. The van der Waals surface area contributed by atoms with Crippen molar-refractivity contribution in [2.24, 2.45) is 5.92 Å². The molecule has 1 aromatic rings. The van der Waals surface area contributed by atoms with E-state index in [-0.39, 0.29) is 11.7 Å². The van der Waals surface area contributed by atoms with Gasteiger partial charge in [0.2, 0.25) is 5.91 Å². The first kappa shape index (κ1) is 12.9. The minimum absolute atomic E-state index is 0.166. The van der Waals surface area contributed by atoms with Gasteiger partial charge in [-0.1, -0.05) is 19.1 Å². The first-order valence-electron chi connectivity index (χ1n) is 6.65. The summed E-state index contributed by atoms with van der Waals surface area (Å²) in [5, 5.41) is 9.41. The van der Waals surface area contributed by atoms with Crippen molar-refractivity contribution in [3.63, 3.8) is 0 Å². The number of aromatic hydroxyl groups is 1. The number of piperidine rings is 1. The number of phenolic OH excluding ortho intramolecular Hbond substituents is 1. The molecule has 18 heavy (non-hydrogen) atoms. The zero-order valence-electron chi connectivity index (χ0n) is 11.1. The van der Waals surface area contributed by atoms with Crippen molar-refractivity contribution >= 4 is 5.91 Å². The zero-order valence-corrected chi connectivity index (χ0v) is 11.1. The predicted octanol–water partition coefficient (Wildman–Crippen LogP) is 2.58. The first-order valence-corrected chi connectivity index (χ1v) is 6.65. The van der Waals surface area contributed by atoms with Crippen molar-refractivity contribution in [1.29, 1.82) is 0 Å². The molecular formula is C15H21NO2. The monoisotopic (exact) mass is 247 g/mol. The van der Waals surface area contributed by atoms with Gasteiger partial charge in [-0.05, 0) is 43.4 Å². The summed E-state index contributed by atoms with van der Waals surface area (Å²) in [7, 11) is 0. The Balaban J connectivity index is 2.03. The van der Waals surface area contributed by atoms with Gasteiger partial charge in [-0.3, -0.25) is 4.79 Å². The van der Waals surface area contributed by atoms with Crippen LogP contribution >= 0.6 is 0 Å². The lowest BCUT2D eigenvalue weighted by Gasteiger charge is -2.38. The van der Waals surface area contributed by atoms with E-state index in [9.17, 15) is 9.90 Å². The average Bonchev–Trinajstić information content (AvgIpc) is 2.32. The highest BCUT2D eigenvalue weighted by Crippen LogP contribution is 2.23. The normalized spacial score (nSPS) is 24.0. The fraction of sp³-hybridized carbons (Fsp3) is 0.533. The van der Waals surface area contributed by atoms with Crippen molar-refractivity contribution in [2.75, 3.05) is 6.54 Å². The molecule has 0 aliphatic carbocycles. The van der Waals surface area contributed by atoms with Crippen LogP contribution in [0.15, 0.2) is 24.3 Å². The lowest BCUT2D eigenvalue weighted by Crippen LogP contribution is -2.46. The van der Waals surface area contributed by atoms with E-state index in [0.29, 0.717) is 18.4 Å². The summed E-state index contributed by atoms with van der Waals surface area (Å²) in [6.45, 7) is 5.20. The molecule has 1 aliphatic heterocycles. The van der Waals surface area contributed by atoms with Gasteiger partial charge in [0.1, 0.15) is 5.75 Å². The second-order valence-electron chi connectivity index (χ2n) is 5.29. The molecule has 0 saturated carbocycles. The number of benzene rings is 1. The van der Waals surface area contributed by atoms with Crippen LogP contribution in [0.3, 0.4) is 0 Å². The quantitative estimate of drug-likeness (QED) is 0.872. The topological polar surface area (TPSA) is 40.5 Å². The number of carbonyl (C=O) groups excluding carboxylic acids is 1. The smallest absolute Gasteiger partial charge is 0.227 e. The van der Waals surface area contributed by atoms with E-state index in [1.54, 1.807) is 18.2 Å². The van der Waals surface area contributed by atoms with E-state index in [4.69, 9.17) is 0 Å². The van der Waals surface area contributed by atoms with Gasteiger partial charge in [0.05, 0.1) is 6.42 Å². The fourth-order valence-corrected chi connectivity index (χ4v) is 2.63. The number of rotatable bonds is 2. The third kappa shape index (κ3) is 2.84. The van der Waals surface area contributed by atoms with Gasteiger partial charge in [0.15, 0.2) is 0 Å². The second kappa shape index (κ2) is 5.42. The van der Waals surface area contributed by atoms with Crippen molar-refractivity contribution in [2.45, 2.75) is 39.2 Å². The number of nitrogens with zero attached hydrogens (tertiary/aromatic N) is 1. The van der Waals surface area contributed by atoms with Crippen LogP contribution in [-0.2, 0) is 11.2 Å². The van der Waals surface area contributed by atoms with Crippen molar-refractivity contribution in [1.82, 2.24) is 4.90 Å². The van der Waals surface area contributed by atoms with Gasteiger partial charge in [-0.2, -0.15) is 0 Å². The third-order valence-corrected chi connectivity index (χ3v) is 3.96. The molecule has 1 amide bonds. The Morgan fingerprint density at radius 1 is 1.44 bits per heavy atom. The summed E-state index contributed by atoms with van der Waals surface area (Å²) in [6, 6.07) is 7.27. The van der Waals surface area contributed by atoms with Crippen molar-refractivity contribution in [3.05, 3.63) is 29.8 Å². The van der Waals surface area contributed by atoms with E-state index in [2.05, 4.69) is 13.8 Å². The van der Waals surface area contributed by atoms with Gasteiger partial charge < -0.3 is 10.0 Å². The van der Waals surface area contributed by atoms with Gasteiger partial charge in [-0.15, -0.1) is 0 Å². The Labute approximate surface area is 108 Å². The molecule has 3 heteroatoms. The molecule has 1 N–H and O–H groups in total. The molecule has 1 fully saturated rings. The minimum Gasteiger partial charge on any atom is -0.508 e. The van der Waals surface area contributed by atoms with Gasteiger partial charge >= 0.3 is 0 Å². The van der Waals surface area contributed by atoms with E-state index in [0.717, 1.165) is 18.5 Å². The fourth-order valence-electron chi connectivity index (χ4n) is 2.63. The molecule has 2 rings (SSSR count). The van der Waals surface area contributed by atoms with E-state index in [1.165, 1.54) is 6.42 Å². The molecule has 0 aromatic heterocycles. The number of carbonyl (C=O) groups is 1. The highest BCUT2D eigenvalue weighted by molar-refractivity contribution is 5.79. The Morgan fingerprint density at radius 3 is 2.94 bits per heavy atom. The Bertz CT molecular complexity index is 430. The summed E-state index contributed by atoms with van der Waals surface area (Å²) in [5.74, 6) is 0.965. The lowest BCUT2D eigenvalue weighted by molar-refractivity contribution is -0.135. The molecule has 0 radical (unpaired) electrons. The van der Waals surface area contributed by atoms with E-state index in [1.807, 2.05) is 11.0 Å². The third-order valence-electron chi connectivity index (χ3n) is 3.96. The number of hydrogen-bond acceptors (Lipinski definition) is 2. The molecule has 1 saturated heterocycles. The summed E-state index contributed by atoms with van der Waals surface area (Å²) in [5.41, 5.74) is 0.880. The van der Waals surface area contributed by atoms with Crippen LogP contribution in [-0.4, -0.2) is 28.5 Å². The minimum atomic E-state index is 0.166. The molecular weight excluding hydrogens is 226 g/mol. The molecule has 3 nitrogen and oxygen atoms in total. The molecule has 0 bridgehead atoms. The molecule has 2 unspecified atom stereocenters. The molecule has 1 aliphatic rings. The summed E-state index contributed by atoms with van der Waals surface area (Å²) in [4.78, 5) is 14.3. The van der Waals surface area contributed by atoms with Crippen LogP contribution in [0, 0.1) is 5.92 Å². The van der Waals surface area contributed by atoms with Crippen molar-refractivity contribution < 1.29 is 9.90 Å². The molecule has 2 atom stereocenters. The highest BCUT2D eigenvalue weighted by Gasteiger charge is 2.28. The van der Waals surface area contributed by atoms with Crippen LogP contribution in [0.1, 0.15) is 32.3 Å². The summed E-state index contributed by atoms with van der Waals surface area (Å²) in [6.07, 6.45) is 2.68. The van der Waals surface area contributed by atoms with Crippen LogP contribution in [0.4, 0.5) is 0 Å². The lowest BCUT2D eigenvalue weighted by atomic mass is 9.91. The molecule has 1 aromatic carbocycles. The van der Waals surface area contributed by atoms with Crippen LogP contribution in [0.5, 0.6) is 5.75 Å². The average molecular weight is 247 g/mol. The first-order chi connectivity index (χ1) is 8.58. The highest BCUT2D eigenvalue weighted by atomic mass is 16.3. The van der Waals surface area contributed by atoms with Gasteiger partial charge in [0, 0.05) is 12.6 Å². The standard InChI is InChI=1S/C15H21NO2/c1-11-5-4-8-16(12(11)2)15(18)10-13-6-3-7-14(17)9-13/h3,6-7,9,11-12,17H,4-5,8,10H2,1-2H3. The maximum atomic E-state index is 12.3. The van der Waals surface area contributed by atoms with Crippen LogP contribution in [0.2, 0.25) is 0 Å². The number of phenols is 1. The molecule has 0 spiro atoms. The number of hydrogen-bond donors (Lipinski definition) is 1. The largest absolute Gasteiger partial charge is 0.508 e. The Morgan fingerprint density at radius 2 is 2.22 bits per heavy atom. The molecule has 1 heterocycles. The number of likely N-dealkylation sites (tertiary alicyclic amines) is 1. The van der Waals surface area contributed by atoms with Crippen LogP contribution in [0.25, 0.3) is 0 Å². The van der Waals surface area contributed by atoms with Crippen molar-refractivity contribution in [3.8, 4) is 5.75 Å². The van der Waals surface area contributed by atoms with E-state index < -0.39 is 0 Å². The zero-order chi connectivity index (χ0) is 13.1. The second-order valence-corrected chi connectivity index (χ2v) is 5.29. The van der Waals surface area contributed by atoms with E-state index >= 15 is 0 Å². The van der Waals surface area contributed by atoms with Gasteiger partial charge in [0.25, 0.3) is 0 Å². The summed E-state index contributed by atoms with van der Waals surface area (Å²) >= 11 is 0. The maximum Gasteiger partial charge on any atom is 0.227 e. The Hall–Kier alpha value is -1.51. The summed E-state index contributed by atoms with van der Waals surface area (Å²) < 4.78 is 0. The predicted molar refractivity (Wildman–Crippen MR) is 71.4 cm³/mol. The SMILES string of the molecule is CC1CCCN(C(=O)Cc2cccc(O)c2)C1C. The molecule has 98 valence electrons. The van der Waals surface area contributed by atoms with Crippen LogP contribution < -0.4 is 0 Å².